The average Bonchev–Trinajstić information content (AvgIpc) is 2.82. The maximum Gasteiger partial charge on any atom is 0.237 e. The molecule has 4 N–H and O–H groups in total. The number of hydrogen-bond acceptors (Lipinski definition) is 3. The van der Waals surface area contributed by atoms with Crippen molar-refractivity contribution >= 4 is 29.3 Å². The molecule has 1 heterocycles. The van der Waals surface area contributed by atoms with E-state index in [0.29, 0.717) is 6.42 Å². The molecule has 0 saturated heterocycles. The van der Waals surface area contributed by atoms with Crippen LogP contribution in [0.3, 0.4) is 0 Å². The summed E-state index contributed by atoms with van der Waals surface area (Å²) in [5, 5.41) is 2.88. The molecule has 0 fully saturated rings. The number of aromatic amines is 1. The number of imidazole rings is 1. The van der Waals surface area contributed by atoms with Gasteiger partial charge in [0.1, 0.15) is 5.82 Å². The molecule has 2 rings (SSSR count). The second-order valence-electron chi connectivity index (χ2n) is 4.76. The molecule has 1 aromatic heterocycles. The third kappa shape index (κ3) is 3.71. The fourth-order valence-electron chi connectivity index (χ4n) is 2.01. The summed E-state index contributed by atoms with van der Waals surface area (Å²) >= 11 is 0. The number of nitrogens with one attached hydrogen (secondary N) is 2. The topological polar surface area (TPSA) is 83.8 Å². The van der Waals surface area contributed by atoms with E-state index < -0.39 is 6.04 Å². The number of hydrogen-bond donors (Lipinski definition) is 3. The van der Waals surface area contributed by atoms with Crippen molar-refractivity contribution in [2.75, 3.05) is 0 Å². The van der Waals surface area contributed by atoms with Gasteiger partial charge in [-0.3, -0.25) is 4.79 Å². The molecule has 2 unspecified atom stereocenters. The first kappa shape index (κ1) is 16.5. The van der Waals surface area contributed by atoms with Gasteiger partial charge in [-0.1, -0.05) is 25.5 Å². The Bertz CT molecular complexity index is 536. The SMILES string of the molecule is CCCC(N)C(=O)NC(C)c1nc2ccccc2[nH]1.Cl. The van der Waals surface area contributed by atoms with Crippen molar-refractivity contribution in [3.8, 4) is 0 Å². The highest BCUT2D eigenvalue weighted by Crippen LogP contribution is 2.15. The summed E-state index contributed by atoms with van der Waals surface area (Å²) in [6.07, 6.45) is 1.59. The zero-order valence-corrected chi connectivity index (χ0v) is 12.5. The van der Waals surface area contributed by atoms with Crippen molar-refractivity contribution in [2.45, 2.75) is 38.8 Å². The summed E-state index contributed by atoms with van der Waals surface area (Å²) in [7, 11) is 0. The maximum absolute atomic E-state index is 11.9. The van der Waals surface area contributed by atoms with Crippen LogP contribution in [0.5, 0.6) is 0 Å². The van der Waals surface area contributed by atoms with E-state index in [2.05, 4.69) is 15.3 Å². The van der Waals surface area contributed by atoms with Gasteiger partial charge in [-0.25, -0.2) is 4.98 Å². The molecular weight excluding hydrogens is 276 g/mol. The van der Waals surface area contributed by atoms with Crippen molar-refractivity contribution in [2.24, 2.45) is 5.73 Å². The normalized spacial score (nSPS) is 13.6. The largest absolute Gasteiger partial charge is 0.345 e. The molecule has 0 spiro atoms. The van der Waals surface area contributed by atoms with Gasteiger partial charge in [0, 0.05) is 0 Å². The zero-order chi connectivity index (χ0) is 13.8. The molecule has 2 atom stereocenters. The number of nitrogens with two attached hydrogens (primary N) is 1. The number of nitrogens with zero attached hydrogens (tertiary/aromatic N) is 1. The molecule has 1 amide bonds. The lowest BCUT2D eigenvalue weighted by Gasteiger charge is -2.15. The van der Waals surface area contributed by atoms with E-state index in [1.165, 1.54) is 0 Å². The highest BCUT2D eigenvalue weighted by atomic mass is 35.5. The van der Waals surface area contributed by atoms with E-state index in [1.807, 2.05) is 38.1 Å². The molecule has 110 valence electrons. The predicted octanol–water partition coefficient (Wildman–Crippen LogP) is 2.29. The molecule has 1 aromatic carbocycles. The molecule has 0 radical (unpaired) electrons. The summed E-state index contributed by atoms with van der Waals surface area (Å²) in [4.78, 5) is 19.5. The summed E-state index contributed by atoms with van der Waals surface area (Å²) in [5.74, 6) is 0.619. The monoisotopic (exact) mass is 296 g/mol. The van der Waals surface area contributed by atoms with Crippen LogP contribution in [-0.4, -0.2) is 21.9 Å². The molecule has 0 aliphatic rings. The summed E-state index contributed by atoms with van der Waals surface area (Å²) in [6.45, 7) is 3.91. The Morgan fingerprint density at radius 2 is 2.15 bits per heavy atom. The number of carbonyl (C=O) groups excluding carboxylic acids is 1. The van der Waals surface area contributed by atoms with E-state index in [-0.39, 0.29) is 24.4 Å². The van der Waals surface area contributed by atoms with Gasteiger partial charge < -0.3 is 16.0 Å². The van der Waals surface area contributed by atoms with Crippen LogP contribution in [-0.2, 0) is 4.79 Å². The number of amides is 1. The second kappa shape index (κ2) is 7.26. The third-order valence-electron chi connectivity index (χ3n) is 3.11. The van der Waals surface area contributed by atoms with E-state index in [1.54, 1.807) is 0 Å². The molecule has 6 heteroatoms. The summed E-state index contributed by atoms with van der Waals surface area (Å²) in [6, 6.07) is 7.16. The van der Waals surface area contributed by atoms with Gasteiger partial charge in [-0.2, -0.15) is 0 Å². The lowest BCUT2D eigenvalue weighted by atomic mass is 10.1. The first-order valence-corrected chi connectivity index (χ1v) is 6.62. The molecule has 0 aliphatic heterocycles. The smallest absolute Gasteiger partial charge is 0.237 e. The van der Waals surface area contributed by atoms with Crippen LogP contribution in [0.15, 0.2) is 24.3 Å². The fraction of sp³-hybridized carbons (Fsp3) is 0.429. The molecule has 0 aliphatic carbocycles. The number of para-hydroxylation sites is 2. The van der Waals surface area contributed by atoms with Gasteiger partial charge in [-0.05, 0) is 25.5 Å². The van der Waals surface area contributed by atoms with Crippen LogP contribution >= 0.6 is 12.4 Å². The van der Waals surface area contributed by atoms with Gasteiger partial charge in [0.15, 0.2) is 0 Å². The predicted molar refractivity (Wildman–Crippen MR) is 82.8 cm³/mol. The van der Waals surface area contributed by atoms with Crippen LogP contribution < -0.4 is 11.1 Å². The number of H-pyrrole nitrogens is 1. The molecule has 20 heavy (non-hydrogen) atoms. The van der Waals surface area contributed by atoms with Crippen LogP contribution in [0, 0.1) is 0 Å². The number of fused-ring (bicyclic) bond motifs is 1. The van der Waals surface area contributed by atoms with E-state index in [0.717, 1.165) is 23.3 Å². The Morgan fingerprint density at radius 1 is 1.45 bits per heavy atom. The standard InChI is InChI=1S/C14H20N4O.ClH/c1-3-6-10(15)14(19)16-9(2)13-17-11-7-4-5-8-12(11)18-13;/h4-5,7-10H,3,6,15H2,1-2H3,(H,16,19)(H,17,18);1H. The van der Waals surface area contributed by atoms with Gasteiger partial charge in [0.05, 0.1) is 23.1 Å². The van der Waals surface area contributed by atoms with Crippen molar-refractivity contribution < 1.29 is 4.79 Å². The lowest BCUT2D eigenvalue weighted by molar-refractivity contribution is -0.123. The second-order valence-corrected chi connectivity index (χ2v) is 4.76. The number of aromatic nitrogens is 2. The van der Waals surface area contributed by atoms with Gasteiger partial charge in [0.2, 0.25) is 5.91 Å². The minimum absolute atomic E-state index is 0. The minimum atomic E-state index is -0.447. The first-order chi connectivity index (χ1) is 9.11. The van der Waals surface area contributed by atoms with Gasteiger partial charge in [0.25, 0.3) is 0 Å². The van der Waals surface area contributed by atoms with E-state index in [9.17, 15) is 4.79 Å². The Balaban J connectivity index is 0.00000200. The number of rotatable bonds is 5. The Morgan fingerprint density at radius 3 is 2.80 bits per heavy atom. The summed E-state index contributed by atoms with van der Waals surface area (Å²) < 4.78 is 0. The number of benzene rings is 1. The Kier molecular flexibility index (Phi) is 5.98. The first-order valence-electron chi connectivity index (χ1n) is 6.62. The highest BCUT2D eigenvalue weighted by molar-refractivity contribution is 5.85. The van der Waals surface area contributed by atoms with Crippen LogP contribution in [0.4, 0.5) is 0 Å². The average molecular weight is 297 g/mol. The summed E-state index contributed by atoms with van der Waals surface area (Å²) in [5.41, 5.74) is 7.65. The van der Waals surface area contributed by atoms with E-state index >= 15 is 0 Å². The van der Waals surface area contributed by atoms with Gasteiger partial charge in [-0.15, -0.1) is 12.4 Å². The minimum Gasteiger partial charge on any atom is -0.345 e. The maximum atomic E-state index is 11.9. The van der Waals surface area contributed by atoms with Crippen LogP contribution in [0.1, 0.15) is 38.6 Å². The Hall–Kier alpha value is -1.59. The lowest BCUT2D eigenvalue weighted by Crippen LogP contribution is -2.41. The van der Waals surface area contributed by atoms with Crippen molar-refractivity contribution in [3.63, 3.8) is 0 Å². The Labute approximate surface area is 124 Å². The number of halogens is 1. The molecule has 0 saturated carbocycles. The van der Waals surface area contributed by atoms with Crippen LogP contribution in [0.2, 0.25) is 0 Å². The third-order valence-corrected chi connectivity index (χ3v) is 3.11. The van der Waals surface area contributed by atoms with Crippen molar-refractivity contribution in [3.05, 3.63) is 30.1 Å². The molecular formula is C14H21ClN4O. The van der Waals surface area contributed by atoms with Crippen LogP contribution in [0.25, 0.3) is 11.0 Å². The highest BCUT2D eigenvalue weighted by Gasteiger charge is 2.17. The number of carbonyl (C=O) groups is 1. The van der Waals surface area contributed by atoms with Crippen molar-refractivity contribution in [1.29, 1.82) is 0 Å². The van der Waals surface area contributed by atoms with Crippen molar-refractivity contribution in [1.82, 2.24) is 15.3 Å². The van der Waals surface area contributed by atoms with Gasteiger partial charge >= 0.3 is 0 Å². The molecule has 2 aromatic rings. The zero-order valence-electron chi connectivity index (χ0n) is 11.7. The molecule has 0 bridgehead atoms. The fourth-order valence-corrected chi connectivity index (χ4v) is 2.01. The van der Waals surface area contributed by atoms with E-state index in [4.69, 9.17) is 5.73 Å². The molecule has 5 nitrogen and oxygen atoms in total. The quantitative estimate of drug-likeness (QED) is 0.791.